The third kappa shape index (κ3) is 2.64. The fourth-order valence-corrected chi connectivity index (χ4v) is 1.63. The van der Waals surface area contributed by atoms with Gasteiger partial charge in [0.05, 0.1) is 0 Å². The van der Waals surface area contributed by atoms with Gasteiger partial charge >= 0.3 is 0 Å². The van der Waals surface area contributed by atoms with E-state index < -0.39 is 10.8 Å². The highest BCUT2D eigenvalue weighted by Gasteiger charge is 2.02. The van der Waals surface area contributed by atoms with E-state index in [1.165, 1.54) is 5.56 Å². The molecule has 0 aliphatic heterocycles. The van der Waals surface area contributed by atoms with Gasteiger partial charge in [0.25, 0.3) is 0 Å². The van der Waals surface area contributed by atoms with Crippen molar-refractivity contribution in [3.63, 3.8) is 0 Å². The first-order valence-corrected chi connectivity index (χ1v) is 5.81. The molecule has 72 valence electrons. The van der Waals surface area contributed by atoms with Crippen LogP contribution in [0, 0.1) is 0 Å². The van der Waals surface area contributed by atoms with E-state index in [-0.39, 0.29) is 0 Å². The van der Waals surface area contributed by atoms with E-state index in [1.54, 1.807) is 6.26 Å². The van der Waals surface area contributed by atoms with Crippen molar-refractivity contribution in [1.29, 1.82) is 0 Å². The maximum absolute atomic E-state index is 11.1. The third-order valence-corrected chi connectivity index (χ3v) is 3.08. The van der Waals surface area contributed by atoms with Crippen LogP contribution in [0.5, 0.6) is 0 Å². The standard InChI is InChI=1S/C10H15NOS/c1-8(11-2)9-4-6-10(7-5-9)13(3)12/h4-8,11H,1-3H3/t8-,13-/m0/s1. The lowest BCUT2D eigenvalue weighted by Gasteiger charge is -2.10. The summed E-state index contributed by atoms with van der Waals surface area (Å²) in [6, 6.07) is 8.20. The van der Waals surface area contributed by atoms with Crippen molar-refractivity contribution >= 4 is 10.8 Å². The summed E-state index contributed by atoms with van der Waals surface area (Å²) in [5.74, 6) is 0. The fourth-order valence-electron chi connectivity index (χ4n) is 1.11. The molecule has 0 radical (unpaired) electrons. The van der Waals surface area contributed by atoms with Crippen LogP contribution in [0.15, 0.2) is 29.2 Å². The van der Waals surface area contributed by atoms with E-state index in [1.807, 2.05) is 31.3 Å². The van der Waals surface area contributed by atoms with Gasteiger partial charge in [-0.25, -0.2) is 0 Å². The van der Waals surface area contributed by atoms with Crippen LogP contribution in [0.3, 0.4) is 0 Å². The molecule has 1 N–H and O–H groups in total. The number of hydrogen-bond donors (Lipinski definition) is 1. The molecule has 2 atom stereocenters. The summed E-state index contributed by atoms with van der Waals surface area (Å²) >= 11 is 0. The highest BCUT2D eigenvalue weighted by Crippen LogP contribution is 2.13. The first-order valence-electron chi connectivity index (χ1n) is 4.26. The Balaban J connectivity index is 2.87. The van der Waals surface area contributed by atoms with Gasteiger partial charge in [0, 0.05) is 28.0 Å². The van der Waals surface area contributed by atoms with Crippen LogP contribution < -0.4 is 5.32 Å². The predicted octanol–water partition coefficient (Wildman–Crippen LogP) is 1.70. The molecule has 0 heterocycles. The second kappa shape index (κ2) is 4.53. The lowest BCUT2D eigenvalue weighted by atomic mass is 10.1. The van der Waals surface area contributed by atoms with Crippen molar-refractivity contribution in [3.8, 4) is 0 Å². The quantitative estimate of drug-likeness (QED) is 0.799. The predicted molar refractivity (Wildman–Crippen MR) is 56.2 cm³/mol. The highest BCUT2D eigenvalue weighted by atomic mass is 32.2. The van der Waals surface area contributed by atoms with Gasteiger partial charge in [0.15, 0.2) is 0 Å². The molecule has 3 heteroatoms. The van der Waals surface area contributed by atoms with Gasteiger partial charge < -0.3 is 5.32 Å². The van der Waals surface area contributed by atoms with Crippen LogP contribution in [0.2, 0.25) is 0 Å². The molecular formula is C10H15NOS. The van der Waals surface area contributed by atoms with E-state index in [2.05, 4.69) is 12.2 Å². The van der Waals surface area contributed by atoms with Crippen LogP contribution >= 0.6 is 0 Å². The minimum atomic E-state index is -0.873. The third-order valence-electron chi connectivity index (χ3n) is 2.15. The van der Waals surface area contributed by atoms with Gasteiger partial charge in [0.2, 0.25) is 0 Å². The molecule has 0 aromatic heterocycles. The van der Waals surface area contributed by atoms with Gasteiger partial charge in [-0.15, -0.1) is 0 Å². The molecule has 0 aliphatic carbocycles. The van der Waals surface area contributed by atoms with Gasteiger partial charge in [-0.3, -0.25) is 4.21 Å². The van der Waals surface area contributed by atoms with E-state index in [0.29, 0.717) is 6.04 Å². The maximum Gasteiger partial charge on any atom is 0.0498 e. The Hall–Kier alpha value is -0.670. The Bertz CT molecular complexity index is 294. The molecule has 1 aromatic rings. The molecule has 13 heavy (non-hydrogen) atoms. The van der Waals surface area contributed by atoms with Crippen molar-refractivity contribution < 1.29 is 4.21 Å². The molecule has 1 rings (SSSR count). The summed E-state index contributed by atoms with van der Waals surface area (Å²) in [6.45, 7) is 2.10. The van der Waals surface area contributed by atoms with E-state index in [0.717, 1.165) is 4.90 Å². The van der Waals surface area contributed by atoms with E-state index in [4.69, 9.17) is 0 Å². The molecule has 0 saturated heterocycles. The van der Waals surface area contributed by atoms with E-state index >= 15 is 0 Å². The van der Waals surface area contributed by atoms with Crippen LogP contribution in [-0.4, -0.2) is 17.5 Å². The highest BCUT2D eigenvalue weighted by molar-refractivity contribution is 7.84. The summed E-state index contributed by atoms with van der Waals surface area (Å²) in [7, 11) is 1.05. The van der Waals surface area contributed by atoms with Gasteiger partial charge in [-0.2, -0.15) is 0 Å². The molecule has 0 unspecified atom stereocenters. The molecule has 0 aliphatic rings. The van der Waals surface area contributed by atoms with Gasteiger partial charge in [0.1, 0.15) is 0 Å². The Kier molecular flexibility index (Phi) is 3.63. The molecule has 1 aromatic carbocycles. The minimum Gasteiger partial charge on any atom is -0.313 e. The zero-order valence-corrected chi connectivity index (χ0v) is 9.02. The lowest BCUT2D eigenvalue weighted by molar-refractivity contribution is 0.651. The molecular weight excluding hydrogens is 182 g/mol. The smallest absolute Gasteiger partial charge is 0.0498 e. The second-order valence-corrected chi connectivity index (χ2v) is 4.41. The van der Waals surface area contributed by atoms with Crippen molar-refractivity contribution in [3.05, 3.63) is 29.8 Å². The molecule has 2 nitrogen and oxygen atoms in total. The molecule has 0 fully saturated rings. The summed E-state index contributed by atoms with van der Waals surface area (Å²) in [5.41, 5.74) is 1.22. The SMILES string of the molecule is CN[C@@H](C)c1ccc([S@](C)=O)cc1. The summed E-state index contributed by atoms with van der Waals surface area (Å²) in [6.07, 6.45) is 1.69. The summed E-state index contributed by atoms with van der Waals surface area (Å²) in [5, 5.41) is 3.15. The fraction of sp³-hybridized carbons (Fsp3) is 0.400. The molecule has 0 saturated carbocycles. The Morgan fingerprint density at radius 1 is 1.31 bits per heavy atom. The molecule has 0 spiro atoms. The Morgan fingerprint density at radius 2 is 1.85 bits per heavy atom. The molecule has 0 bridgehead atoms. The first kappa shape index (κ1) is 10.4. The monoisotopic (exact) mass is 197 g/mol. The van der Waals surface area contributed by atoms with Crippen molar-refractivity contribution in [2.45, 2.75) is 17.9 Å². The zero-order valence-electron chi connectivity index (χ0n) is 8.20. The number of benzene rings is 1. The second-order valence-electron chi connectivity index (χ2n) is 3.03. The van der Waals surface area contributed by atoms with Crippen molar-refractivity contribution in [2.24, 2.45) is 0 Å². The van der Waals surface area contributed by atoms with Gasteiger partial charge in [-0.05, 0) is 31.7 Å². The minimum absolute atomic E-state index is 0.347. The number of rotatable bonds is 3. The summed E-state index contributed by atoms with van der Waals surface area (Å²) in [4.78, 5) is 0.882. The number of hydrogen-bond acceptors (Lipinski definition) is 2. The first-order chi connectivity index (χ1) is 6.15. The van der Waals surface area contributed by atoms with Crippen LogP contribution in [0.25, 0.3) is 0 Å². The average molecular weight is 197 g/mol. The maximum atomic E-state index is 11.1. The normalized spacial score (nSPS) is 15.3. The lowest BCUT2D eigenvalue weighted by Crippen LogP contribution is -2.12. The zero-order chi connectivity index (χ0) is 9.84. The Morgan fingerprint density at radius 3 is 2.23 bits per heavy atom. The number of nitrogens with one attached hydrogen (secondary N) is 1. The Labute approximate surface area is 81.8 Å². The largest absolute Gasteiger partial charge is 0.313 e. The van der Waals surface area contributed by atoms with Crippen LogP contribution in [0.4, 0.5) is 0 Å². The van der Waals surface area contributed by atoms with Crippen molar-refractivity contribution in [2.75, 3.05) is 13.3 Å². The van der Waals surface area contributed by atoms with Crippen LogP contribution in [-0.2, 0) is 10.8 Å². The molecule has 0 amide bonds. The summed E-state index contributed by atoms with van der Waals surface area (Å²) < 4.78 is 11.1. The average Bonchev–Trinajstić information content (AvgIpc) is 2.17. The van der Waals surface area contributed by atoms with Crippen LogP contribution in [0.1, 0.15) is 18.5 Å². The van der Waals surface area contributed by atoms with Gasteiger partial charge in [-0.1, -0.05) is 12.1 Å². The van der Waals surface area contributed by atoms with Crippen molar-refractivity contribution in [1.82, 2.24) is 5.32 Å². The van der Waals surface area contributed by atoms with E-state index in [9.17, 15) is 4.21 Å². The topological polar surface area (TPSA) is 29.1 Å².